The highest BCUT2D eigenvalue weighted by Crippen LogP contribution is 2.14. The second kappa shape index (κ2) is 5.10. The van der Waals surface area contributed by atoms with E-state index < -0.39 is 0 Å². The van der Waals surface area contributed by atoms with Crippen LogP contribution in [0.15, 0.2) is 24.7 Å². The van der Waals surface area contributed by atoms with Crippen molar-refractivity contribution in [3.63, 3.8) is 0 Å². The fourth-order valence-electron chi connectivity index (χ4n) is 1.60. The first-order chi connectivity index (χ1) is 7.06. The first-order valence-electron chi connectivity index (χ1n) is 5.60. The van der Waals surface area contributed by atoms with Gasteiger partial charge in [-0.2, -0.15) is 0 Å². The average Bonchev–Trinajstić information content (AvgIpc) is 2.48. The molecule has 0 aromatic rings. The van der Waals surface area contributed by atoms with Gasteiger partial charge in [0.25, 0.3) is 0 Å². The number of hydrogen-bond acceptors (Lipinski definition) is 3. The molecule has 0 spiro atoms. The molecule has 0 amide bonds. The van der Waals surface area contributed by atoms with E-state index in [1.54, 1.807) is 0 Å². The largest absolute Gasteiger partial charge is 0.359 e. The van der Waals surface area contributed by atoms with Gasteiger partial charge >= 0.3 is 0 Å². The maximum atomic E-state index is 2.33. The highest BCUT2D eigenvalue weighted by atomic mass is 15.4. The molecule has 1 heterocycles. The zero-order chi connectivity index (χ0) is 11.4. The van der Waals surface area contributed by atoms with E-state index in [2.05, 4.69) is 74.1 Å². The fraction of sp³-hybridized carbons (Fsp3) is 0.667. The first kappa shape index (κ1) is 12.0. The molecule has 1 aliphatic heterocycles. The molecule has 0 N–H and O–H groups in total. The van der Waals surface area contributed by atoms with Crippen LogP contribution in [-0.2, 0) is 0 Å². The quantitative estimate of drug-likeness (QED) is 0.703. The third-order valence-electron chi connectivity index (χ3n) is 2.89. The number of rotatable bonds is 4. The van der Waals surface area contributed by atoms with Crippen LogP contribution in [0.2, 0.25) is 0 Å². The Bertz CT molecular complexity index is 245. The summed E-state index contributed by atoms with van der Waals surface area (Å²) in [6.07, 6.45) is 8.98. The Labute approximate surface area is 93.6 Å². The third-order valence-corrected chi connectivity index (χ3v) is 2.89. The van der Waals surface area contributed by atoms with Crippen molar-refractivity contribution >= 4 is 0 Å². The smallest absolute Gasteiger partial charge is 0.0990 e. The van der Waals surface area contributed by atoms with Gasteiger partial charge in [-0.3, -0.25) is 0 Å². The van der Waals surface area contributed by atoms with Gasteiger partial charge in [0.2, 0.25) is 0 Å². The SMILES string of the molecule is C/C=C\N(CN1C=CN(C)C1C)C(C)C. The van der Waals surface area contributed by atoms with Crippen LogP contribution >= 0.6 is 0 Å². The van der Waals surface area contributed by atoms with E-state index in [9.17, 15) is 0 Å². The van der Waals surface area contributed by atoms with Crippen molar-refractivity contribution < 1.29 is 0 Å². The van der Waals surface area contributed by atoms with Crippen molar-refractivity contribution in [2.45, 2.75) is 39.9 Å². The summed E-state index contributed by atoms with van der Waals surface area (Å²) in [5.41, 5.74) is 0. The van der Waals surface area contributed by atoms with Crippen LogP contribution in [-0.4, -0.2) is 40.6 Å². The van der Waals surface area contributed by atoms with Gasteiger partial charge in [0.15, 0.2) is 0 Å². The lowest BCUT2D eigenvalue weighted by Crippen LogP contribution is -2.41. The van der Waals surface area contributed by atoms with Gasteiger partial charge in [-0.25, -0.2) is 0 Å². The lowest BCUT2D eigenvalue weighted by molar-refractivity contribution is 0.120. The van der Waals surface area contributed by atoms with Gasteiger partial charge in [0, 0.05) is 25.5 Å². The molecule has 1 unspecified atom stereocenters. The third kappa shape index (κ3) is 2.91. The monoisotopic (exact) mass is 209 g/mol. The summed E-state index contributed by atoms with van der Waals surface area (Å²) in [5, 5.41) is 0. The number of hydrogen-bond donors (Lipinski definition) is 0. The van der Waals surface area contributed by atoms with Crippen LogP contribution in [0.4, 0.5) is 0 Å². The molecular weight excluding hydrogens is 186 g/mol. The average molecular weight is 209 g/mol. The van der Waals surface area contributed by atoms with E-state index in [4.69, 9.17) is 0 Å². The van der Waals surface area contributed by atoms with Crippen molar-refractivity contribution in [1.82, 2.24) is 14.7 Å². The molecular formula is C12H23N3. The predicted octanol–water partition coefficient (Wildman–Crippen LogP) is 2.25. The van der Waals surface area contributed by atoms with Crippen LogP contribution in [0.5, 0.6) is 0 Å². The van der Waals surface area contributed by atoms with Crippen LogP contribution in [0.25, 0.3) is 0 Å². The summed E-state index contributed by atoms with van der Waals surface area (Å²) in [7, 11) is 2.11. The molecule has 15 heavy (non-hydrogen) atoms. The minimum absolute atomic E-state index is 0.455. The summed E-state index contributed by atoms with van der Waals surface area (Å²) in [6, 6.07) is 0.535. The predicted molar refractivity (Wildman–Crippen MR) is 64.9 cm³/mol. The van der Waals surface area contributed by atoms with Gasteiger partial charge in [0.1, 0.15) is 0 Å². The zero-order valence-electron chi connectivity index (χ0n) is 10.5. The van der Waals surface area contributed by atoms with Crippen molar-refractivity contribution in [3.8, 4) is 0 Å². The minimum Gasteiger partial charge on any atom is -0.359 e. The molecule has 0 bridgehead atoms. The standard InChI is InChI=1S/C12H23N3/c1-6-7-14(11(2)3)10-15-9-8-13(5)12(15)4/h6-9,11-12H,10H2,1-5H3/b7-6-. The Kier molecular flexibility index (Phi) is 4.06. The van der Waals surface area contributed by atoms with Crippen LogP contribution in [0, 0.1) is 0 Å². The maximum Gasteiger partial charge on any atom is 0.0990 e. The molecule has 0 fully saturated rings. The Balaban J connectivity index is 2.56. The lowest BCUT2D eigenvalue weighted by Gasteiger charge is -2.34. The molecule has 0 saturated carbocycles. The normalized spacial score (nSPS) is 21.1. The van der Waals surface area contributed by atoms with Gasteiger partial charge in [0.05, 0.1) is 12.8 Å². The second-order valence-electron chi connectivity index (χ2n) is 4.34. The van der Waals surface area contributed by atoms with Crippen LogP contribution < -0.4 is 0 Å². The van der Waals surface area contributed by atoms with E-state index in [1.165, 1.54) is 0 Å². The molecule has 0 saturated heterocycles. The molecule has 1 rings (SSSR count). The van der Waals surface area contributed by atoms with E-state index in [0.717, 1.165) is 6.67 Å². The molecule has 0 aromatic heterocycles. The van der Waals surface area contributed by atoms with Gasteiger partial charge in [-0.1, -0.05) is 6.08 Å². The van der Waals surface area contributed by atoms with Gasteiger partial charge in [-0.05, 0) is 33.9 Å². The van der Waals surface area contributed by atoms with Crippen molar-refractivity contribution in [3.05, 3.63) is 24.7 Å². The van der Waals surface area contributed by atoms with E-state index in [0.29, 0.717) is 12.2 Å². The minimum atomic E-state index is 0.455. The van der Waals surface area contributed by atoms with Crippen molar-refractivity contribution in [2.24, 2.45) is 0 Å². The van der Waals surface area contributed by atoms with Crippen molar-refractivity contribution in [2.75, 3.05) is 13.7 Å². The van der Waals surface area contributed by atoms with Gasteiger partial charge < -0.3 is 14.7 Å². The Hall–Kier alpha value is -1.12. The van der Waals surface area contributed by atoms with Gasteiger partial charge in [-0.15, -0.1) is 0 Å². The first-order valence-corrected chi connectivity index (χ1v) is 5.60. The van der Waals surface area contributed by atoms with Crippen LogP contribution in [0.3, 0.4) is 0 Å². The molecule has 1 atom stereocenters. The molecule has 3 nitrogen and oxygen atoms in total. The number of nitrogens with zero attached hydrogens (tertiary/aromatic N) is 3. The summed E-state index contributed by atoms with van der Waals surface area (Å²) in [5.74, 6) is 0. The fourth-order valence-corrected chi connectivity index (χ4v) is 1.60. The van der Waals surface area contributed by atoms with E-state index in [1.807, 2.05) is 0 Å². The molecule has 0 aliphatic carbocycles. The Morgan fingerprint density at radius 3 is 2.47 bits per heavy atom. The maximum absolute atomic E-state index is 2.33. The summed E-state index contributed by atoms with van der Waals surface area (Å²) in [6.45, 7) is 9.66. The van der Waals surface area contributed by atoms with E-state index >= 15 is 0 Å². The lowest BCUT2D eigenvalue weighted by atomic mass is 10.3. The highest BCUT2D eigenvalue weighted by molar-refractivity contribution is 4.95. The zero-order valence-corrected chi connectivity index (χ0v) is 10.5. The summed E-state index contributed by atoms with van der Waals surface area (Å²) >= 11 is 0. The molecule has 0 aromatic carbocycles. The number of allylic oxidation sites excluding steroid dienone is 1. The highest BCUT2D eigenvalue weighted by Gasteiger charge is 2.20. The Morgan fingerprint density at radius 2 is 2.07 bits per heavy atom. The van der Waals surface area contributed by atoms with Crippen molar-refractivity contribution in [1.29, 1.82) is 0 Å². The topological polar surface area (TPSA) is 9.72 Å². The Morgan fingerprint density at radius 1 is 1.40 bits per heavy atom. The molecule has 0 radical (unpaired) electrons. The molecule has 3 heteroatoms. The summed E-state index contributed by atoms with van der Waals surface area (Å²) in [4.78, 5) is 6.88. The van der Waals surface area contributed by atoms with Crippen LogP contribution in [0.1, 0.15) is 27.7 Å². The summed E-state index contributed by atoms with van der Waals surface area (Å²) < 4.78 is 0. The molecule has 86 valence electrons. The molecule has 1 aliphatic rings. The van der Waals surface area contributed by atoms with E-state index in [-0.39, 0.29) is 0 Å². The second-order valence-corrected chi connectivity index (χ2v) is 4.34.